The average molecular weight is 352 g/mol. The molecule has 0 spiro atoms. The molecular formula is C20H28N6. The summed E-state index contributed by atoms with van der Waals surface area (Å²) < 4.78 is 0. The molecule has 0 aliphatic carbocycles. The second-order valence-electron chi connectivity index (χ2n) is 7.44. The second-order valence-corrected chi connectivity index (χ2v) is 7.44. The van der Waals surface area contributed by atoms with Gasteiger partial charge < -0.3 is 9.80 Å². The Hall–Kier alpha value is -2.05. The van der Waals surface area contributed by atoms with E-state index in [0.29, 0.717) is 6.04 Å². The maximum Gasteiger partial charge on any atom is 0.132 e. The normalized spacial score (nSPS) is 22.1. The van der Waals surface area contributed by atoms with Gasteiger partial charge in [-0.2, -0.15) is 0 Å². The Bertz CT molecular complexity index is 726. The van der Waals surface area contributed by atoms with Crippen molar-refractivity contribution in [3.63, 3.8) is 0 Å². The lowest BCUT2D eigenvalue weighted by atomic mass is 10.1. The lowest BCUT2D eigenvalue weighted by Crippen LogP contribution is -2.45. The van der Waals surface area contributed by atoms with Crippen LogP contribution in [0.3, 0.4) is 0 Å². The first-order chi connectivity index (χ1) is 12.7. The lowest BCUT2D eigenvalue weighted by Gasteiger charge is -2.33. The highest BCUT2D eigenvalue weighted by molar-refractivity contribution is 5.40. The fourth-order valence-electron chi connectivity index (χ4n) is 4.02. The molecule has 1 atom stereocenters. The summed E-state index contributed by atoms with van der Waals surface area (Å²) in [5, 5.41) is 0. The van der Waals surface area contributed by atoms with E-state index in [-0.39, 0.29) is 0 Å². The smallest absolute Gasteiger partial charge is 0.132 e. The maximum absolute atomic E-state index is 4.72. The predicted octanol–water partition coefficient (Wildman–Crippen LogP) is 2.27. The van der Waals surface area contributed by atoms with Gasteiger partial charge in [-0.25, -0.2) is 9.97 Å². The van der Waals surface area contributed by atoms with Crippen LogP contribution in [0.2, 0.25) is 0 Å². The predicted molar refractivity (Wildman–Crippen MR) is 103 cm³/mol. The molecule has 0 saturated carbocycles. The van der Waals surface area contributed by atoms with Gasteiger partial charge in [-0.1, -0.05) is 6.07 Å². The summed E-state index contributed by atoms with van der Waals surface area (Å²) >= 11 is 0. The van der Waals surface area contributed by atoms with Crippen molar-refractivity contribution in [1.29, 1.82) is 0 Å². The molecular weight excluding hydrogens is 324 g/mol. The van der Waals surface area contributed by atoms with Crippen LogP contribution in [0.5, 0.6) is 0 Å². The van der Waals surface area contributed by atoms with Crippen LogP contribution in [0.15, 0.2) is 30.5 Å². The summed E-state index contributed by atoms with van der Waals surface area (Å²) in [6.45, 7) is 8.22. The summed E-state index contributed by atoms with van der Waals surface area (Å²) in [5.41, 5.74) is 2.30. The molecule has 0 unspecified atom stereocenters. The van der Waals surface area contributed by atoms with Gasteiger partial charge in [-0.05, 0) is 45.5 Å². The number of nitrogens with zero attached hydrogens (tertiary/aromatic N) is 6. The van der Waals surface area contributed by atoms with E-state index in [2.05, 4.69) is 44.9 Å². The number of likely N-dealkylation sites (N-methyl/N-ethyl adjacent to an activating group) is 1. The third-order valence-electron chi connectivity index (χ3n) is 5.46. The largest absolute Gasteiger partial charge is 0.354 e. The molecule has 2 aromatic heterocycles. The summed E-state index contributed by atoms with van der Waals surface area (Å²) in [4.78, 5) is 21.3. The number of hydrogen-bond acceptors (Lipinski definition) is 6. The Kier molecular flexibility index (Phi) is 5.13. The molecule has 0 N–H and O–H groups in total. The van der Waals surface area contributed by atoms with Crippen molar-refractivity contribution in [2.24, 2.45) is 0 Å². The van der Waals surface area contributed by atoms with E-state index in [4.69, 9.17) is 9.97 Å². The molecule has 6 nitrogen and oxygen atoms in total. The number of pyridine rings is 1. The van der Waals surface area contributed by atoms with E-state index in [1.165, 1.54) is 18.5 Å². The van der Waals surface area contributed by atoms with Crippen molar-refractivity contribution >= 4 is 5.82 Å². The van der Waals surface area contributed by atoms with Crippen molar-refractivity contribution < 1.29 is 0 Å². The number of aromatic nitrogens is 3. The van der Waals surface area contributed by atoms with E-state index < -0.39 is 0 Å². The van der Waals surface area contributed by atoms with Crippen molar-refractivity contribution in [2.75, 3.05) is 44.7 Å². The number of rotatable bonds is 4. The first-order valence-corrected chi connectivity index (χ1v) is 9.62. The van der Waals surface area contributed by atoms with Gasteiger partial charge in [0.05, 0.1) is 17.4 Å². The molecule has 6 heteroatoms. The van der Waals surface area contributed by atoms with Crippen molar-refractivity contribution in [1.82, 2.24) is 24.8 Å². The Labute approximate surface area is 155 Å². The van der Waals surface area contributed by atoms with Crippen LogP contribution in [0, 0.1) is 6.92 Å². The average Bonchev–Trinajstić information content (AvgIpc) is 3.10. The van der Waals surface area contributed by atoms with E-state index in [1.807, 2.05) is 19.2 Å². The fourth-order valence-corrected chi connectivity index (χ4v) is 4.02. The molecule has 138 valence electrons. The number of likely N-dealkylation sites (tertiary alicyclic amines) is 1. The molecule has 0 radical (unpaired) electrons. The SMILES string of the molecule is Cc1nc(CN2CCC[C@@H]2c2ccccn2)cc(N2CCN(C)CC2)n1. The quantitative estimate of drug-likeness (QED) is 0.841. The van der Waals surface area contributed by atoms with E-state index in [1.54, 1.807) is 0 Å². The zero-order valence-electron chi connectivity index (χ0n) is 15.8. The van der Waals surface area contributed by atoms with Gasteiger partial charge in [0.1, 0.15) is 11.6 Å². The van der Waals surface area contributed by atoms with E-state index in [9.17, 15) is 0 Å². The Morgan fingerprint density at radius 1 is 1.08 bits per heavy atom. The zero-order chi connectivity index (χ0) is 17.9. The van der Waals surface area contributed by atoms with Gasteiger partial charge in [0.25, 0.3) is 0 Å². The minimum absolute atomic E-state index is 0.401. The van der Waals surface area contributed by atoms with Gasteiger partial charge in [0, 0.05) is 45.0 Å². The molecule has 2 aliphatic heterocycles. The number of piperazine rings is 1. The molecule has 26 heavy (non-hydrogen) atoms. The summed E-state index contributed by atoms with van der Waals surface area (Å²) in [5.74, 6) is 1.94. The minimum atomic E-state index is 0.401. The first kappa shape index (κ1) is 17.4. The molecule has 2 saturated heterocycles. The number of aryl methyl sites for hydroxylation is 1. The van der Waals surface area contributed by atoms with Crippen molar-refractivity contribution in [3.8, 4) is 0 Å². The molecule has 2 aromatic rings. The van der Waals surface area contributed by atoms with Crippen molar-refractivity contribution in [2.45, 2.75) is 32.4 Å². The maximum atomic E-state index is 4.72. The van der Waals surface area contributed by atoms with Gasteiger partial charge in [-0.15, -0.1) is 0 Å². The highest BCUT2D eigenvalue weighted by atomic mass is 15.3. The van der Waals surface area contributed by atoms with Gasteiger partial charge >= 0.3 is 0 Å². The summed E-state index contributed by atoms with van der Waals surface area (Å²) in [6.07, 6.45) is 4.29. The zero-order valence-corrected chi connectivity index (χ0v) is 15.8. The topological polar surface area (TPSA) is 48.4 Å². The monoisotopic (exact) mass is 352 g/mol. The van der Waals surface area contributed by atoms with Gasteiger partial charge in [-0.3, -0.25) is 9.88 Å². The molecule has 0 bridgehead atoms. The van der Waals surface area contributed by atoms with Gasteiger partial charge in [0.15, 0.2) is 0 Å². The van der Waals surface area contributed by atoms with Gasteiger partial charge in [0.2, 0.25) is 0 Å². The Balaban J connectivity index is 1.51. The minimum Gasteiger partial charge on any atom is -0.354 e. The Morgan fingerprint density at radius 3 is 2.69 bits per heavy atom. The van der Waals surface area contributed by atoms with Crippen LogP contribution in [0.4, 0.5) is 5.82 Å². The highest BCUT2D eigenvalue weighted by Gasteiger charge is 2.27. The van der Waals surface area contributed by atoms with Crippen LogP contribution < -0.4 is 4.90 Å². The lowest BCUT2D eigenvalue weighted by molar-refractivity contribution is 0.241. The fraction of sp³-hybridized carbons (Fsp3) is 0.550. The highest BCUT2D eigenvalue weighted by Crippen LogP contribution is 2.32. The Morgan fingerprint density at radius 2 is 1.92 bits per heavy atom. The number of anilines is 1. The molecule has 2 fully saturated rings. The van der Waals surface area contributed by atoms with Crippen LogP contribution in [-0.2, 0) is 6.54 Å². The van der Waals surface area contributed by atoms with Crippen molar-refractivity contribution in [3.05, 3.63) is 47.7 Å². The third-order valence-corrected chi connectivity index (χ3v) is 5.46. The molecule has 0 aromatic carbocycles. The third kappa shape index (κ3) is 3.86. The summed E-state index contributed by atoms with van der Waals surface area (Å²) in [6, 6.07) is 8.80. The van der Waals surface area contributed by atoms with Crippen LogP contribution in [0.25, 0.3) is 0 Å². The number of hydrogen-bond donors (Lipinski definition) is 0. The van der Waals surface area contributed by atoms with E-state index >= 15 is 0 Å². The molecule has 2 aliphatic rings. The standard InChI is InChI=1S/C20H28N6/c1-16-22-17(14-20(23-16)25-12-10-24(2)11-13-25)15-26-9-5-7-19(26)18-6-3-4-8-21-18/h3-4,6,8,14,19H,5,7,9-13,15H2,1-2H3/t19-/m1/s1. The van der Waals surface area contributed by atoms with Crippen LogP contribution in [0.1, 0.15) is 36.1 Å². The molecule has 4 heterocycles. The van der Waals surface area contributed by atoms with E-state index in [0.717, 1.165) is 56.6 Å². The van der Waals surface area contributed by atoms with Crippen LogP contribution in [-0.4, -0.2) is 64.5 Å². The summed E-state index contributed by atoms with van der Waals surface area (Å²) in [7, 11) is 2.18. The van der Waals surface area contributed by atoms with Crippen LogP contribution >= 0.6 is 0 Å². The first-order valence-electron chi connectivity index (χ1n) is 9.62. The second kappa shape index (κ2) is 7.68. The molecule has 4 rings (SSSR count). The molecule has 0 amide bonds.